The van der Waals surface area contributed by atoms with Gasteiger partial charge in [0, 0.05) is 18.6 Å². The van der Waals surface area contributed by atoms with E-state index in [2.05, 4.69) is 11.1 Å². The van der Waals surface area contributed by atoms with Crippen molar-refractivity contribution in [3.8, 4) is 6.07 Å². The first kappa shape index (κ1) is 7.62. The standard InChI is InChI=1S/C9H8N4/c1-13-5-6(3-10)8-2-7(11)4-12-9(8)13/h2,4-5H,11H2,1H3. The minimum Gasteiger partial charge on any atom is -0.397 e. The fourth-order valence-electron chi connectivity index (χ4n) is 1.37. The Morgan fingerprint density at radius 3 is 3.08 bits per heavy atom. The Hall–Kier alpha value is -2.02. The largest absolute Gasteiger partial charge is 0.397 e. The van der Waals surface area contributed by atoms with Crippen LogP contribution in [0.25, 0.3) is 11.0 Å². The number of aryl methyl sites for hydroxylation is 1. The second-order valence-electron chi connectivity index (χ2n) is 2.91. The summed E-state index contributed by atoms with van der Waals surface area (Å²) >= 11 is 0. The lowest BCUT2D eigenvalue weighted by atomic mass is 10.2. The van der Waals surface area contributed by atoms with Gasteiger partial charge in [-0.05, 0) is 6.07 Å². The molecule has 2 aromatic rings. The van der Waals surface area contributed by atoms with Crippen LogP contribution in [0.3, 0.4) is 0 Å². The van der Waals surface area contributed by atoms with Gasteiger partial charge in [-0.3, -0.25) is 0 Å². The molecule has 4 heteroatoms. The topological polar surface area (TPSA) is 67.6 Å². The predicted octanol–water partition coefficient (Wildman–Crippen LogP) is 1.03. The summed E-state index contributed by atoms with van der Waals surface area (Å²) in [4.78, 5) is 4.14. The molecule has 0 atom stereocenters. The smallest absolute Gasteiger partial charge is 0.141 e. The van der Waals surface area contributed by atoms with Crippen LogP contribution in [-0.4, -0.2) is 9.55 Å². The van der Waals surface area contributed by atoms with E-state index in [1.54, 1.807) is 18.5 Å². The zero-order valence-electron chi connectivity index (χ0n) is 7.15. The van der Waals surface area contributed by atoms with E-state index in [0.29, 0.717) is 11.3 Å². The number of aromatic nitrogens is 2. The first-order valence-corrected chi connectivity index (χ1v) is 3.83. The Bertz CT molecular complexity index is 504. The van der Waals surface area contributed by atoms with Crippen LogP contribution in [0, 0.1) is 11.3 Å². The number of nitriles is 1. The van der Waals surface area contributed by atoms with E-state index < -0.39 is 0 Å². The molecule has 0 saturated carbocycles. The molecule has 0 spiro atoms. The molecule has 0 aliphatic rings. The van der Waals surface area contributed by atoms with Crippen molar-refractivity contribution in [2.24, 2.45) is 7.05 Å². The highest BCUT2D eigenvalue weighted by atomic mass is 15.0. The minimum absolute atomic E-state index is 0.579. The lowest BCUT2D eigenvalue weighted by molar-refractivity contribution is 0.947. The number of nitrogen functional groups attached to an aromatic ring is 1. The van der Waals surface area contributed by atoms with Gasteiger partial charge in [-0.25, -0.2) is 4.98 Å². The number of nitrogens with two attached hydrogens (primary N) is 1. The van der Waals surface area contributed by atoms with Crippen LogP contribution in [-0.2, 0) is 7.05 Å². The van der Waals surface area contributed by atoms with Crippen LogP contribution in [0.2, 0.25) is 0 Å². The Kier molecular flexibility index (Phi) is 1.46. The number of fused-ring (bicyclic) bond motifs is 1. The van der Waals surface area contributed by atoms with Crippen molar-refractivity contribution in [2.45, 2.75) is 0 Å². The van der Waals surface area contributed by atoms with Gasteiger partial charge in [-0.1, -0.05) is 0 Å². The van der Waals surface area contributed by atoms with Gasteiger partial charge >= 0.3 is 0 Å². The molecular formula is C9H8N4. The van der Waals surface area contributed by atoms with Gasteiger partial charge in [0.05, 0.1) is 17.4 Å². The van der Waals surface area contributed by atoms with E-state index >= 15 is 0 Å². The van der Waals surface area contributed by atoms with Gasteiger partial charge < -0.3 is 10.3 Å². The molecule has 0 amide bonds. The van der Waals surface area contributed by atoms with Crippen LogP contribution < -0.4 is 5.73 Å². The van der Waals surface area contributed by atoms with E-state index in [9.17, 15) is 0 Å². The second-order valence-corrected chi connectivity index (χ2v) is 2.91. The zero-order valence-corrected chi connectivity index (χ0v) is 7.15. The molecule has 2 aromatic heterocycles. The lowest BCUT2D eigenvalue weighted by Gasteiger charge is -1.94. The molecule has 0 radical (unpaired) electrons. The highest BCUT2D eigenvalue weighted by Crippen LogP contribution is 2.19. The highest BCUT2D eigenvalue weighted by molar-refractivity contribution is 5.85. The van der Waals surface area contributed by atoms with Crippen molar-refractivity contribution in [1.82, 2.24) is 9.55 Å². The molecule has 0 saturated heterocycles. The lowest BCUT2D eigenvalue weighted by Crippen LogP contribution is -1.89. The molecule has 2 rings (SSSR count). The van der Waals surface area contributed by atoms with Gasteiger partial charge in [-0.2, -0.15) is 5.26 Å². The summed E-state index contributed by atoms with van der Waals surface area (Å²) in [5.41, 5.74) is 7.55. The normalized spacial score (nSPS) is 10.2. The molecule has 64 valence electrons. The summed E-state index contributed by atoms with van der Waals surface area (Å²) in [6.07, 6.45) is 3.33. The summed E-state index contributed by atoms with van der Waals surface area (Å²) in [5.74, 6) is 0. The first-order chi connectivity index (χ1) is 6.22. The molecule has 2 heterocycles. The molecule has 0 bridgehead atoms. The number of nitrogens with zero attached hydrogens (tertiary/aromatic N) is 3. The summed E-state index contributed by atoms with van der Waals surface area (Å²) in [6, 6.07) is 3.87. The molecule has 0 fully saturated rings. The SMILES string of the molecule is Cn1cc(C#N)c2cc(N)cnc21. The van der Waals surface area contributed by atoms with E-state index in [4.69, 9.17) is 11.0 Å². The molecule has 13 heavy (non-hydrogen) atoms. The van der Waals surface area contributed by atoms with E-state index in [1.165, 1.54) is 0 Å². The number of hydrogen-bond acceptors (Lipinski definition) is 3. The molecular weight excluding hydrogens is 164 g/mol. The van der Waals surface area contributed by atoms with E-state index in [0.717, 1.165) is 11.0 Å². The van der Waals surface area contributed by atoms with Gasteiger partial charge in [0.1, 0.15) is 11.7 Å². The molecule has 0 aliphatic heterocycles. The van der Waals surface area contributed by atoms with Gasteiger partial charge in [-0.15, -0.1) is 0 Å². The molecule has 2 N–H and O–H groups in total. The van der Waals surface area contributed by atoms with Crippen LogP contribution in [0.1, 0.15) is 5.56 Å². The monoisotopic (exact) mass is 172 g/mol. The molecule has 0 unspecified atom stereocenters. The van der Waals surface area contributed by atoms with Crippen molar-refractivity contribution in [3.63, 3.8) is 0 Å². The maximum absolute atomic E-state index is 8.81. The van der Waals surface area contributed by atoms with Crippen LogP contribution in [0.4, 0.5) is 5.69 Å². The summed E-state index contributed by atoms with van der Waals surface area (Å²) in [7, 11) is 1.85. The van der Waals surface area contributed by atoms with Crippen LogP contribution in [0.15, 0.2) is 18.5 Å². The highest BCUT2D eigenvalue weighted by Gasteiger charge is 2.06. The Morgan fingerprint density at radius 2 is 2.38 bits per heavy atom. The van der Waals surface area contributed by atoms with Crippen molar-refractivity contribution < 1.29 is 0 Å². The second kappa shape index (κ2) is 2.49. The third-order valence-electron chi connectivity index (χ3n) is 1.96. The third kappa shape index (κ3) is 1.02. The predicted molar refractivity (Wildman–Crippen MR) is 49.8 cm³/mol. The average Bonchev–Trinajstić information content (AvgIpc) is 2.42. The first-order valence-electron chi connectivity index (χ1n) is 3.83. The van der Waals surface area contributed by atoms with Crippen molar-refractivity contribution in [3.05, 3.63) is 24.0 Å². The molecule has 0 aromatic carbocycles. The maximum atomic E-state index is 8.81. The fraction of sp³-hybridized carbons (Fsp3) is 0.111. The Balaban J connectivity index is 2.91. The zero-order chi connectivity index (χ0) is 9.42. The molecule has 0 aliphatic carbocycles. The number of hydrogen-bond donors (Lipinski definition) is 1. The minimum atomic E-state index is 0.579. The average molecular weight is 172 g/mol. The Labute approximate surface area is 75.2 Å². The van der Waals surface area contributed by atoms with Crippen molar-refractivity contribution in [1.29, 1.82) is 5.26 Å². The van der Waals surface area contributed by atoms with Crippen molar-refractivity contribution in [2.75, 3.05) is 5.73 Å². The van der Waals surface area contributed by atoms with E-state index in [1.807, 2.05) is 11.6 Å². The number of rotatable bonds is 0. The summed E-state index contributed by atoms with van der Waals surface area (Å²) < 4.78 is 1.81. The fourth-order valence-corrected chi connectivity index (χ4v) is 1.37. The van der Waals surface area contributed by atoms with Gasteiger partial charge in [0.2, 0.25) is 0 Å². The van der Waals surface area contributed by atoms with Crippen LogP contribution >= 0.6 is 0 Å². The maximum Gasteiger partial charge on any atom is 0.141 e. The molecule has 4 nitrogen and oxygen atoms in total. The Morgan fingerprint density at radius 1 is 1.62 bits per heavy atom. The number of pyridine rings is 1. The van der Waals surface area contributed by atoms with Crippen molar-refractivity contribution >= 4 is 16.7 Å². The van der Waals surface area contributed by atoms with Gasteiger partial charge in [0.25, 0.3) is 0 Å². The quantitative estimate of drug-likeness (QED) is 0.645. The number of anilines is 1. The summed E-state index contributed by atoms with van der Waals surface area (Å²) in [5, 5.41) is 9.62. The van der Waals surface area contributed by atoms with Crippen LogP contribution in [0.5, 0.6) is 0 Å². The summed E-state index contributed by atoms with van der Waals surface area (Å²) in [6.45, 7) is 0. The van der Waals surface area contributed by atoms with E-state index in [-0.39, 0.29) is 0 Å². The third-order valence-corrected chi connectivity index (χ3v) is 1.96. The van der Waals surface area contributed by atoms with Gasteiger partial charge in [0.15, 0.2) is 0 Å².